The fourth-order valence-electron chi connectivity index (χ4n) is 4.41. The summed E-state index contributed by atoms with van der Waals surface area (Å²) >= 11 is 0. The second kappa shape index (κ2) is 9.50. The lowest BCUT2D eigenvalue weighted by molar-refractivity contribution is -0.142. The van der Waals surface area contributed by atoms with Crippen LogP contribution in [0.3, 0.4) is 0 Å². The van der Waals surface area contributed by atoms with Crippen molar-refractivity contribution in [3.8, 4) is 0 Å². The zero-order valence-corrected chi connectivity index (χ0v) is 17.6. The molecule has 2 aliphatic rings. The van der Waals surface area contributed by atoms with Crippen LogP contribution in [0.1, 0.15) is 41.8 Å². The van der Waals surface area contributed by atoms with E-state index in [1.165, 1.54) is 11.2 Å². The summed E-state index contributed by atoms with van der Waals surface area (Å²) in [5.74, 6) is -2.08. The first-order valence-corrected chi connectivity index (χ1v) is 10.8. The van der Waals surface area contributed by atoms with Crippen molar-refractivity contribution in [3.63, 3.8) is 0 Å². The molecule has 0 spiro atoms. The van der Waals surface area contributed by atoms with Crippen LogP contribution in [0, 0.1) is 17.6 Å². The second-order valence-corrected chi connectivity index (χ2v) is 8.18. The largest absolute Gasteiger partial charge is 0.467 e. The van der Waals surface area contributed by atoms with Gasteiger partial charge in [0.15, 0.2) is 0 Å². The Bertz CT molecular complexity index is 987. The summed E-state index contributed by atoms with van der Waals surface area (Å²) in [5.41, 5.74) is -0.177. The lowest BCUT2D eigenvalue weighted by atomic mass is 9.94. The number of amides is 3. The van der Waals surface area contributed by atoms with Gasteiger partial charge < -0.3 is 19.5 Å². The van der Waals surface area contributed by atoms with Gasteiger partial charge in [0.1, 0.15) is 23.4 Å². The van der Waals surface area contributed by atoms with Gasteiger partial charge in [-0.05, 0) is 49.9 Å². The van der Waals surface area contributed by atoms with Gasteiger partial charge in [0.25, 0.3) is 5.91 Å². The Hall–Kier alpha value is -3.23. The summed E-state index contributed by atoms with van der Waals surface area (Å²) in [5, 5.41) is 2.82. The molecule has 2 fully saturated rings. The van der Waals surface area contributed by atoms with Crippen molar-refractivity contribution in [1.29, 1.82) is 0 Å². The molecule has 1 unspecified atom stereocenters. The van der Waals surface area contributed by atoms with Crippen molar-refractivity contribution < 1.29 is 27.6 Å². The van der Waals surface area contributed by atoms with Crippen molar-refractivity contribution in [2.75, 3.05) is 19.6 Å². The van der Waals surface area contributed by atoms with Crippen LogP contribution in [0.5, 0.6) is 0 Å². The standard InChI is InChI=1S/C23H25F2N3O4/c24-16-5-6-18(19(25)13-16)23(31)27-10-7-15(8-11-27)22(30)28-9-1-4-20(28)21(29)26-14-17-3-2-12-32-17/h2-3,5-6,12-13,15,20H,1,4,7-11,14H2,(H,26,29). The van der Waals surface area contributed by atoms with Gasteiger partial charge in [-0.15, -0.1) is 0 Å². The molecule has 2 aromatic rings. The Morgan fingerprint density at radius 2 is 1.84 bits per heavy atom. The zero-order valence-electron chi connectivity index (χ0n) is 17.6. The highest BCUT2D eigenvalue weighted by atomic mass is 19.1. The van der Waals surface area contributed by atoms with Crippen LogP contribution in [0.4, 0.5) is 8.78 Å². The number of hydrogen-bond donors (Lipinski definition) is 1. The third-order valence-electron chi connectivity index (χ3n) is 6.15. The Morgan fingerprint density at radius 1 is 1.06 bits per heavy atom. The number of nitrogens with one attached hydrogen (secondary N) is 1. The van der Waals surface area contributed by atoms with Gasteiger partial charge >= 0.3 is 0 Å². The molecule has 170 valence electrons. The Kier molecular flexibility index (Phi) is 6.53. The Morgan fingerprint density at radius 3 is 2.53 bits per heavy atom. The molecule has 0 radical (unpaired) electrons. The average molecular weight is 445 g/mol. The van der Waals surface area contributed by atoms with Gasteiger partial charge in [-0.2, -0.15) is 0 Å². The van der Waals surface area contributed by atoms with Gasteiger partial charge in [0.05, 0.1) is 18.4 Å². The molecule has 0 bridgehead atoms. The summed E-state index contributed by atoms with van der Waals surface area (Å²) in [4.78, 5) is 41.4. The molecule has 1 atom stereocenters. The van der Waals surface area contributed by atoms with Crippen molar-refractivity contribution in [2.45, 2.75) is 38.3 Å². The zero-order chi connectivity index (χ0) is 22.7. The summed E-state index contributed by atoms with van der Waals surface area (Å²) in [6, 6.07) is 5.88. The van der Waals surface area contributed by atoms with E-state index < -0.39 is 23.6 Å². The number of hydrogen-bond acceptors (Lipinski definition) is 4. The SMILES string of the molecule is O=C(NCc1ccco1)C1CCCN1C(=O)C1CCN(C(=O)c2ccc(F)cc2F)CC1. The fraction of sp³-hybridized carbons (Fsp3) is 0.435. The molecule has 3 heterocycles. The predicted molar refractivity (Wildman–Crippen MR) is 110 cm³/mol. The maximum absolute atomic E-state index is 13.9. The molecule has 3 amide bonds. The number of rotatable bonds is 5. The first-order chi connectivity index (χ1) is 15.4. The van der Waals surface area contributed by atoms with Crippen LogP contribution in [-0.4, -0.2) is 53.2 Å². The quantitative estimate of drug-likeness (QED) is 0.767. The van der Waals surface area contributed by atoms with Gasteiger partial charge in [0.2, 0.25) is 11.8 Å². The predicted octanol–water partition coefficient (Wildman–Crippen LogP) is 2.72. The van der Waals surface area contributed by atoms with Gasteiger partial charge in [-0.1, -0.05) is 0 Å². The van der Waals surface area contributed by atoms with Crippen LogP contribution in [-0.2, 0) is 16.1 Å². The molecule has 32 heavy (non-hydrogen) atoms. The van der Waals surface area contributed by atoms with E-state index in [2.05, 4.69) is 5.32 Å². The smallest absolute Gasteiger partial charge is 0.256 e. The van der Waals surface area contributed by atoms with E-state index in [-0.39, 0.29) is 29.8 Å². The first kappa shape index (κ1) is 22.0. The lowest BCUT2D eigenvalue weighted by Gasteiger charge is -2.34. The molecule has 1 aromatic heterocycles. The molecule has 0 aliphatic carbocycles. The minimum absolute atomic E-state index is 0.0827. The molecule has 7 nitrogen and oxygen atoms in total. The highest BCUT2D eigenvalue weighted by Gasteiger charge is 2.38. The van der Waals surface area contributed by atoms with E-state index >= 15 is 0 Å². The topological polar surface area (TPSA) is 82.9 Å². The van der Waals surface area contributed by atoms with Gasteiger partial charge in [-0.25, -0.2) is 8.78 Å². The van der Waals surface area contributed by atoms with Crippen LogP contribution in [0.15, 0.2) is 41.0 Å². The number of carbonyl (C=O) groups is 3. The molecule has 1 aromatic carbocycles. The van der Waals surface area contributed by atoms with Gasteiger partial charge in [-0.3, -0.25) is 14.4 Å². The third kappa shape index (κ3) is 4.66. The maximum Gasteiger partial charge on any atom is 0.256 e. The summed E-state index contributed by atoms with van der Waals surface area (Å²) in [7, 11) is 0. The van der Waals surface area contributed by atoms with Gasteiger partial charge in [0, 0.05) is 31.6 Å². The van der Waals surface area contributed by atoms with Crippen LogP contribution in [0.25, 0.3) is 0 Å². The van der Waals surface area contributed by atoms with Crippen molar-refractivity contribution in [3.05, 3.63) is 59.6 Å². The summed E-state index contributed by atoms with van der Waals surface area (Å²) < 4.78 is 32.3. The number of piperidine rings is 1. The van der Waals surface area contributed by atoms with Crippen LogP contribution in [0.2, 0.25) is 0 Å². The normalized spacial score (nSPS) is 19.2. The fourth-order valence-corrected chi connectivity index (χ4v) is 4.41. The van der Waals surface area contributed by atoms with Crippen molar-refractivity contribution in [1.82, 2.24) is 15.1 Å². The average Bonchev–Trinajstić information content (AvgIpc) is 3.49. The van der Waals surface area contributed by atoms with E-state index in [4.69, 9.17) is 4.42 Å². The Labute approximate surface area is 184 Å². The lowest BCUT2D eigenvalue weighted by Crippen LogP contribution is -2.50. The number of furan rings is 1. The number of carbonyl (C=O) groups excluding carboxylic acids is 3. The number of halogens is 2. The molecule has 9 heteroatoms. The minimum Gasteiger partial charge on any atom is -0.467 e. The number of likely N-dealkylation sites (tertiary alicyclic amines) is 2. The molecule has 1 N–H and O–H groups in total. The first-order valence-electron chi connectivity index (χ1n) is 10.8. The third-order valence-corrected chi connectivity index (χ3v) is 6.15. The molecular formula is C23H25F2N3O4. The van der Waals surface area contributed by atoms with E-state index in [0.29, 0.717) is 50.7 Å². The molecule has 2 saturated heterocycles. The molecule has 4 rings (SSSR count). The Balaban J connectivity index is 1.32. The second-order valence-electron chi connectivity index (χ2n) is 8.18. The highest BCUT2D eigenvalue weighted by molar-refractivity contribution is 5.95. The minimum atomic E-state index is -0.895. The van der Waals surface area contributed by atoms with Crippen LogP contribution < -0.4 is 5.32 Å². The number of nitrogens with zero attached hydrogens (tertiary/aromatic N) is 2. The summed E-state index contributed by atoms with van der Waals surface area (Å²) in [6.07, 6.45) is 3.77. The molecule has 2 aliphatic heterocycles. The van der Waals surface area contributed by atoms with E-state index in [9.17, 15) is 23.2 Å². The number of benzene rings is 1. The van der Waals surface area contributed by atoms with Crippen molar-refractivity contribution >= 4 is 17.7 Å². The van der Waals surface area contributed by atoms with Crippen LogP contribution >= 0.6 is 0 Å². The highest BCUT2D eigenvalue weighted by Crippen LogP contribution is 2.26. The summed E-state index contributed by atoms with van der Waals surface area (Å²) in [6.45, 7) is 1.40. The van der Waals surface area contributed by atoms with E-state index in [1.807, 2.05) is 0 Å². The monoisotopic (exact) mass is 445 g/mol. The maximum atomic E-state index is 13.9. The molecule has 0 saturated carbocycles. The van der Waals surface area contributed by atoms with E-state index in [0.717, 1.165) is 18.6 Å². The van der Waals surface area contributed by atoms with Crippen molar-refractivity contribution in [2.24, 2.45) is 5.92 Å². The molecular weight excluding hydrogens is 420 g/mol. The van der Waals surface area contributed by atoms with E-state index in [1.54, 1.807) is 17.0 Å².